The van der Waals surface area contributed by atoms with Gasteiger partial charge >= 0.3 is 0 Å². The average Bonchev–Trinajstić information content (AvgIpc) is 2.69. The fraction of sp³-hybridized carbons (Fsp3) is 0.450. The second-order valence-corrected chi connectivity index (χ2v) is 6.58. The lowest BCUT2D eigenvalue weighted by molar-refractivity contribution is 0.102. The zero-order valence-corrected chi connectivity index (χ0v) is 15.8. The van der Waals surface area contributed by atoms with Gasteiger partial charge in [0.25, 0.3) is 5.91 Å². The zero-order chi connectivity index (χ0) is 18.5. The molecule has 1 saturated heterocycles. The molecule has 0 spiro atoms. The van der Waals surface area contributed by atoms with Gasteiger partial charge in [-0.1, -0.05) is 32.0 Å². The molecule has 1 aliphatic rings. The molecule has 0 radical (unpaired) electrons. The molecule has 0 aliphatic carbocycles. The van der Waals surface area contributed by atoms with Crippen molar-refractivity contribution in [3.63, 3.8) is 0 Å². The molecule has 0 atom stereocenters. The van der Waals surface area contributed by atoms with Crippen molar-refractivity contribution in [1.29, 1.82) is 0 Å². The van der Waals surface area contributed by atoms with E-state index in [0.29, 0.717) is 11.6 Å². The number of nitrogens with one attached hydrogen (secondary N) is 1. The Morgan fingerprint density at radius 3 is 2.62 bits per heavy atom. The molecule has 0 bridgehead atoms. The molecule has 1 aliphatic heterocycles. The summed E-state index contributed by atoms with van der Waals surface area (Å²) in [5, 5.41) is 3.04. The number of amides is 1. The molecule has 2 aromatic rings. The quantitative estimate of drug-likeness (QED) is 0.896. The van der Waals surface area contributed by atoms with Crippen LogP contribution in [0, 0.1) is 6.92 Å². The minimum absolute atomic E-state index is 0.190. The highest BCUT2D eigenvalue weighted by Crippen LogP contribution is 2.22. The monoisotopic (exact) mass is 353 g/mol. The number of hydrogen-bond donors (Lipinski definition) is 1. The molecule has 138 valence electrons. The summed E-state index contributed by atoms with van der Waals surface area (Å²) in [6.07, 6.45) is 2.54. The number of nitrogens with zero attached hydrogens (tertiary/aromatic N) is 4. The maximum atomic E-state index is 12.7. The van der Waals surface area contributed by atoms with Crippen LogP contribution >= 0.6 is 0 Å². The van der Waals surface area contributed by atoms with E-state index in [1.807, 2.05) is 25.1 Å². The third kappa shape index (κ3) is 4.02. The van der Waals surface area contributed by atoms with Gasteiger partial charge < -0.3 is 15.1 Å². The van der Waals surface area contributed by atoms with Crippen LogP contribution in [-0.4, -0.2) is 53.5 Å². The molecule has 1 aromatic carbocycles. The Morgan fingerprint density at radius 1 is 1.15 bits per heavy atom. The first-order valence-corrected chi connectivity index (χ1v) is 9.32. The van der Waals surface area contributed by atoms with Gasteiger partial charge in [-0.05, 0) is 37.1 Å². The average molecular weight is 353 g/mol. The lowest BCUT2D eigenvalue weighted by atomic mass is 10.1. The van der Waals surface area contributed by atoms with Crippen molar-refractivity contribution < 1.29 is 4.79 Å². The van der Waals surface area contributed by atoms with Gasteiger partial charge in [-0.25, -0.2) is 9.97 Å². The Labute approximate surface area is 155 Å². The number of benzene rings is 1. The molecule has 1 N–H and O–H groups in total. The molecule has 0 saturated carbocycles. The number of rotatable bonds is 5. The Morgan fingerprint density at radius 2 is 1.92 bits per heavy atom. The second-order valence-electron chi connectivity index (χ2n) is 6.58. The van der Waals surface area contributed by atoms with E-state index in [2.05, 4.69) is 38.9 Å². The Kier molecular flexibility index (Phi) is 5.83. The van der Waals surface area contributed by atoms with Crippen molar-refractivity contribution in [2.24, 2.45) is 0 Å². The van der Waals surface area contributed by atoms with Gasteiger partial charge in [0.1, 0.15) is 5.69 Å². The van der Waals surface area contributed by atoms with Crippen molar-refractivity contribution in [3.8, 4) is 0 Å². The van der Waals surface area contributed by atoms with Crippen molar-refractivity contribution in [3.05, 3.63) is 47.3 Å². The van der Waals surface area contributed by atoms with Crippen LogP contribution in [-0.2, 0) is 6.42 Å². The fourth-order valence-electron chi connectivity index (χ4n) is 3.27. The van der Waals surface area contributed by atoms with E-state index in [9.17, 15) is 4.79 Å². The highest BCUT2D eigenvalue weighted by atomic mass is 16.1. The number of aromatic nitrogens is 2. The van der Waals surface area contributed by atoms with E-state index in [1.54, 1.807) is 12.3 Å². The number of para-hydroxylation sites is 1. The Balaban J connectivity index is 1.75. The van der Waals surface area contributed by atoms with Crippen molar-refractivity contribution in [2.75, 3.05) is 42.9 Å². The largest absolute Gasteiger partial charge is 0.338 e. The first kappa shape index (κ1) is 18.3. The number of carbonyl (C=O) groups is 1. The van der Waals surface area contributed by atoms with Gasteiger partial charge in [0.15, 0.2) is 0 Å². The normalized spacial score (nSPS) is 15.1. The van der Waals surface area contributed by atoms with Crippen molar-refractivity contribution in [2.45, 2.75) is 27.2 Å². The van der Waals surface area contributed by atoms with E-state index in [0.717, 1.165) is 56.0 Å². The molecule has 3 rings (SSSR count). The summed E-state index contributed by atoms with van der Waals surface area (Å²) < 4.78 is 0. The van der Waals surface area contributed by atoms with Crippen LogP contribution in [0.4, 0.5) is 11.6 Å². The van der Waals surface area contributed by atoms with E-state index in [-0.39, 0.29) is 5.91 Å². The zero-order valence-electron chi connectivity index (χ0n) is 15.8. The number of piperazine rings is 1. The summed E-state index contributed by atoms with van der Waals surface area (Å²) in [6, 6.07) is 7.74. The molecule has 1 fully saturated rings. The number of carbonyl (C=O) groups excluding carboxylic acids is 1. The van der Waals surface area contributed by atoms with E-state index >= 15 is 0 Å². The summed E-state index contributed by atoms with van der Waals surface area (Å²) in [4.78, 5) is 26.2. The van der Waals surface area contributed by atoms with Gasteiger partial charge in [0.2, 0.25) is 5.95 Å². The van der Waals surface area contributed by atoms with Crippen LogP contribution < -0.4 is 10.2 Å². The third-order valence-corrected chi connectivity index (χ3v) is 4.96. The van der Waals surface area contributed by atoms with Crippen LogP contribution in [0.2, 0.25) is 0 Å². The molecule has 0 unspecified atom stereocenters. The Hall–Kier alpha value is -2.47. The minimum Gasteiger partial charge on any atom is -0.338 e. The highest BCUT2D eigenvalue weighted by Gasteiger charge is 2.19. The summed E-state index contributed by atoms with van der Waals surface area (Å²) >= 11 is 0. The van der Waals surface area contributed by atoms with Gasteiger partial charge in [-0.2, -0.15) is 0 Å². The predicted octanol–water partition coefficient (Wildman–Crippen LogP) is 2.74. The van der Waals surface area contributed by atoms with E-state index < -0.39 is 0 Å². The predicted molar refractivity (Wildman–Crippen MR) is 105 cm³/mol. The van der Waals surface area contributed by atoms with Crippen LogP contribution in [0.3, 0.4) is 0 Å². The van der Waals surface area contributed by atoms with Gasteiger partial charge in [0.05, 0.1) is 0 Å². The standard InChI is InChI=1S/C20H27N5O/c1-4-16-8-6-7-15(3)18(16)23-19(26)17-9-10-21-20(22-17)25-13-11-24(5-2)12-14-25/h6-10H,4-5,11-14H2,1-3H3,(H,23,26). The smallest absolute Gasteiger partial charge is 0.274 e. The maximum absolute atomic E-state index is 12.7. The van der Waals surface area contributed by atoms with Gasteiger partial charge in [0, 0.05) is 38.1 Å². The number of likely N-dealkylation sites (N-methyl/N-ethyl adjacent to an activating group) is 1. The van der Waals surface area contributed by atoms with Gasteiger partial charge in [-0.15, -0.1) is 0 Å². The van der Waals surface area contributed by atoms with E-state index in [1.165, 1.54) is 0 Å². The van der Waals surface area contributed by atoms with Crippen LogP contribution in [0.25, 0.3) is 0 Å². The molecule has 2 heterocycles. The first-order valence-electron chi connectivity index (χ1n) is 9.32. The summed E-state index contributed by atoms with van der Waals surface area (Å²) in [6.45, 7) is 11.1. The first-order chi connectivity index (χ1) is 12.6. The molecule has 26 heavy (non-hydrogen) atoms. The van der Waals surface area contributed by atoms with Crippen LogP contribution in [0.1, 0.15) is 35.5 Å². The number of aryl methyl sites for hydroxylation is 2. The highest BCUT2D eigenvalue weighted by molar-refractivity contribution is 6.03. The molecular formula is C20H27N5O. The number of hydrogen-bond acceptors (Lipinski definition) is 5. The molecular weight excluding hydrogens is 326 g/mol. The van der Waals surface area contributed by atoms with Crippen molar-refractivity contribution in [1.82, 2.24) is 14.9 Å². The van der Waals surface area contributed by atoms with Crippen LogP contribution in [0.15, 0.2) is 30.5 Å². The number of anilines is 2. The third-order valence-electron chi connectivity index (χ3n) is 4.96. The SMILES string of the molecule is CCc1cccc(C)c1NC(=O)c1ccnc(N2CCN(CC)CC2)n1. The molecule has 6 heteroatoms. The second kappa shape index (κ2) is 8.27. The summed E-state index contributed by atoms with van der Waals surface area (Å²) in [5.41, 5.74) is 3.47. The van der Waals surface area contributed by atoms with Crippen LogP contribution in [0.5, 0.6) is 0 Å². The molecule has 6 nitrogen and oxygen atoms in total. The lowest BCUT2D eigenvalue weighted by Crippen LogP contribution is -2.46. The minimum atomic E-state index is -0.190. The lowest BCUT2D eigenvalue weighted by Gasteiger charge is -2.34. The van der Waals surface area contributed by atoms with Gasteiger partial charge in [-0.3, -0.25) is 4.79 Å². The summed E-state index contributed by atoms with van der Waals surface area (Å²) in [7, 11) is 0. The topological polar surface area (TPSA) is 61.4 Å². The maximum Gasteiger partial charge on any atom is 0.274 e. The van der Waals surface area contributed by atoms with Crippen molar-refractivity contribution >= 4 is 17.5 Å². The summed E-state index contributed by atoms with van der Waals surface area (Å²) in [5.74, 6) is 0.443. The Bertz CT molecular complexity index is 769. The molecule has 1 amide bonds. The molecule has 1 aromatic heterocycles. The van der Waals surface area contributed by atoms with E-state index in [4.69, 9.17) is 0 Å². The fourth-order valence-corrected chi connectivity index (χ4v) is 3.27.